The van der Waals surface area contributed by atoms with E-state index in [-0.39, 0.29) is 37.1 Å². The molecule has 1 aromatic heterocycles. The number of pyridine rings is 1. The molecule has 1 aliphatic heterocycles. The quantitative estimate of drug-likeness (QED) is 0.374. The molecule has 2 heterocycles. The number of carbonyl (C=O) groups excluding carboxylic acids is 4. The molecule has 0 bridgehead atoms. The van der Waals surface area contributed by atoms with Crippen molar-refractivity contribution in [3.8, 4) is 0 Å². The van der Waals surface area contributed by atoms with Gasteiger partial charge in [-0.3, -0.25) is 19.4 Å². The summed E-state index contributed by atoms with van der Waals surface area (Å²) in [4.78, 5) is 59.3. The summed E-state index contributed by atoms with van der Waals surface area (Å²) in [6.07, 6.45) is -2.32. The topological polar surface area (TPSA) is 123 Å². The number of carbonyl (C=O) groups is 4. The number of hydrogen-bond donors (Lipinski definition) is 1. The van der Waals surface area contributed by atoms with Gasteiger partial charge in [-0.2, -0.15) is 13.2 Å². The number of para-hydroxylation sites is 1. The Morgan fingerprint density at radius 3 is 2.34 bits per heavy atom. The summed E-state index contributed by atoms with van der Waals surface area (Å²) in [5.74, 6) is -3.06. The zero-order chi connectivity index (χ0) is 32.1. The molecule has 12 heteroatoms. The number of halogens is 3. The number of carboxylic acids is 1. The van der Waals surface area contributed by atoms with Crippen molar-refractivity contribution in [3.05, 3.63) is 95.3 Å². The van der Waals surface area contributed by atoms with Crippen LogP contribution < -0.4 is 15.3 Å². The number of benzene rings is 2. The van der Waals surface area contributed by atoms with Gasteiger partial charge in [0.1, 0.15) is 6.04 Å². The molecule has 0 radical (unpaired) electrons. The van der Waals surface area contributed by atoms with Crippen molar-refractivity contribution in [2.45, 2.75) is 58.4 Å². The van der Waals surface area contributed by atoms with E-state index in [2.05, 4.69) is 10.3 Å². The maximum absolute atomic E-state index is 14.3. The van der Waals surface area contributed by atoms with E-state index in [1.54, 1.807) is 38.1 Å². The number of rotatable bonds is 10. The summed E-state index contributed by atoms with van der Waals surface area (Å²) in [5.41, 5.74) is -0.358. The van der Waals surface area contributed by atoms with Crippen LogP contribution in [0.2, 0.25) is 0 Å². The van der Waals surface area contributed by atoms with Gasteiger partial charge in [0.05, 0.1) is 12.0 Å². The molecule has 0 saturated heterocycles. The molecule has 9 nitrogen and oxygen atoms in total. The number of hydrogen-bond acceptors (Lipinski definition) is 6. The van der Waals surface area contributed by atoms with Gasteiger partial charge in [0.25, 0.3) is 5.91 Å². The monoisotopic (exact) mass is 609 g/mol. The molecular formula is C32H32F3N4O5-. The zero-order valence-electron chi connectivity index (χ0n) is 24.3. The van der Waals surface area contributed by atoms with Crippen LogP contribution in [0.5, 0.6) is 0 Å². The van der Waals surface area contributed by atoms with Crippen LogP contribution >= 0.6 is 0 Å². The van der Waals surface area contributed by atoms with Gasteiger partial charge in [0.15, 0.2) is 0 Å². The Morgan fingerprint density at radius 2 is 1.66 bits per heavy atom. The molecule has 2 aromatic carbocycles. The fourth-order valence-electron chi connectivity index (χ4n) is 5.21. The number of aliphatic carboxylic acids is 1. The molecule has 0 spiro atoms. The van der Waals surface area contributed by atoms with Crippen molar-refractivity contribution in [1.29, 1.82) is 0 Å². The van der Waals surface area contributed by atoms with Gasteiger partial charge >= 0.3 is 6.18 Å². The Bertz CT molecular complexity index is 1530. The van der Waals surface area contributed by atoms with Crippen molar-refractivity contribution in [3.63, 3.8) is 0 Å². The van der Waals surface area contributed by atoms with Crippen LogP contribution in [0.1, 0.15) is 60.2 Å². The number of alkyl halides is 3. The van der Waals surface area contributed by atoms with Gasteiger partial charge in [-0.15, -0.1) is 0 Å². The highest BCUT2D eigenvalue weighted by Crippen LogP contribution is 2.35. The molecule has 1 unspecified atom stereocenters. The van der Waals surface area contributed by atoms with Crippen molar-refractivity contribution in [1.82, 2.24) is 15.2 Å². The van der Waals surface area contributed by atoms with Crippen molar-refractivity contribution >= 4 is 29.4 Å². The first-order valence-electron chi connectivity index (χ1n) is 14.0. The van der Waals surface area contributed by atoms with E-state index in [0.717, 1.165) is 6.07 Å². The highest BCUT2D eigenvalue weighted by atomic mass is 19.4. The molecule has 0 aliphatic carbocycles. The second-order valence-electron chi connectivity index (χ2n) is 11.4. The predicted octanol–water partition coefficient (Wildman–Crippen LogP) is 3.72. The first-order chi connectivity index (χ1) is 20.8. The Balaban J connectivity index is 1.68. The molecule has 3 aromatic rings. The van der Waals surface area contributed by atoms with Gasteiger partial charge in [0, 0.05) is 49.2 Å². The minimum atomic E-state index is -4.62. The molecule has 1 atom stereocenters. The minimum absolute atomic E-state index is 0.0338. The summed E-state index contributed by atoms with van der Waals surface area (Å²) >= 11 is 0. The van der Waals surface area contributed by atoms with Gasteiger partial charge in [0.2, 0.25) is 11.8 Å². The van der Waals surface area contributed by atoms with E-state index in [9.17, 15) is 37.5 Å². The summed E-state index contributed by atoms with van der Waals surface area (Å²) in [6, 6.07) is 13.5. The first kappa shape index (κ1) is 32.2. The van der Waals surface area contributed by atoms with E-state index >= 15 is 0 Å². The average Bonchev–Trinajstić information content (AvgIpc) is 3.09. The number of nitrogens with zero attached hydrogens (tertiary/aromatic N) is 3. The number of fused-ring (bicyclic) bond motifs is 1. The third kappa shape index (κ3) is 7.80. The van der Waals surface area contributed by atoms with Crippen molar-refractivity contribution in [2.24, 2.45) is 5.41 Å². The van der Waals surface area contributed by atoms with Gasteiger partial charge in [-0.25, -0.2) is 0 Å². The van der Waals surface area contributed by atoms with E-state index in [0.29, 0.717) is 11.3 Å². The summed E-state index contributed by atoms with van der Waals surface area (Å²) in [5, 5.41) is 13.7. The maximum atomic E-state index is 14.3. The lowest BCUT2D eigenvalue weighted by atomic mass is 9.86. The molecule has 1 N–H and O–H groups in total. The molecular weight excluding hydrogens is 577 g/mol. The van der Waals surface area contributed by atoms with Crippen LogP contribution in [0, 0.1) is 5.41 Å². The van der Waals surface area contributed by atoms with E-state index in [1.807, 2.05) is 0 Å². The molecule has 232 valence electrons. The fourth-order valence-corrected chi connectivity index (χ4v) is 5.21. The smallest absolute Gasteiger partial charge is 0.416 e. The Morgan fingerprint density at radius 1 is 1.00 bits per heavy atom. The van der Waals surface area contributed by atoms with Crippen LogP contribution in [-0.2, 0) is 33.6 Å². The van der Waals surface area contributed by atoms with Crippen LogP contribution in [0.3, 0.4) is 0 Å². The Labute approximate surface area is 252 Å². The van der Waals surface area contributed by atoms with Gasteiger partial charge in [-0.1, -0.05) is 50.2 Å². The second kappa shape index (κ2) is 13.3. The predicted molar refractivity (Wildman–Crippen MR) is 153 cm³/mol. The fraction of sp³-hybridized carbons (Fsp3) is 0.344. The Hall–Kier alpha value is -4.74. The first-order valence-corrected chi connectivity index (χ1v) is 14.0. The third-order valence-corrected chi connectivity index (χ3v) is 7.51. The lowest BCUT2D eigenvalue weighted by molar-refractivity contribution is -0.306. The highest BCUT2D eigenvalue weighted by Gasteiger charge is 2.41. The number of carboxylic acid groups (broad SMARTS) is 1. The molecule has 4 rings (SSSR count). The van der Waals surface area contributed by atoms with Crippen LogP contribution in [0.25, 0.3) is 0 Å². The number of anilines is 1. The number of amides is 3. The maximum Gasteiger partial charge on any atom is 0.416 e. The molecule has 1 aliphatic rings. The molecule has 0 fully saturated rings. The largest absolute Gasteiger partial charge is 0.550 e. The summed E-state index contributed by atoms with van der Waals surface area (Å²) in [7, 11) is 0. The van der Waals surface area contributed by atoms with E-state index in [1.165, 1.54) is 52.5 Å². The van der Waals surface area contributed by atoms with Crippen molar-refractivity contribution < 1.29 is 37.5 Å². The normalized spacial score (nSPS) is 15.4. The summed E-state index contributed by atoms with van der Waals surface area (Å²) < 4.78 is 40.5. The Kier molecular flexibility index (Phi) is 9.71. The molecule has 44 heavy (non-hydrogen) atoms. The summed E-state index contributed by atoms with van der Waals surface area (Å²) in [6.45, 7) is 3.21. The lowest BCUT2D eigenvalue weighted by Crippen LogP contribution is -2.52. The van der Waals surface area contributed by atoms with Crippen LogP contribution in [0.15, 0.2) is 73.1 Å². The number of nitrogens with one attached hydrogen (secondary N) is 1. The standard InChI is InChI=1S/C32H33F3N4O5/c1-31(2,14-11-28(41)42)20-39-25-10-6-4-8-23(25)19-38(29(43)21-12-15-36-16-13-21)26(30(39)44)17-27(40)37-18-22-7-3-5-9-24(22)32(33,34)35/h3-10,12-13,15-16,26H,11,14,17-20H2,1-2H3,(H,37,40)(H,41,42)/p-1. The van der Waals surface area contributed by atoms with Crippen molar-refractivity contribution in [2.75, 3.05) is 11.4 Å². The third-order valence-electron chi connectivity index (χ3n) is 7.51. The molecule has 0 saturated carbocycles. The average molecular weight is 610 g/mol. The minimum Gasteiger partial charge on any atom is -0.550 e. The SMILES string of the molecule is CC(C)(CCC(=O)[O-])CN1C(=O)C(CC(=O)NCc2ccccc2C(F)(F)F)N(C(=O)c2ccncc2)Cc2ccccc21. The second-order valence-corrected chi connectivity index (χ2v) is 11.4. The van der Waals surface area contributed by atoms with E-state index in [4.69, 9.17) is 0 Å². The van der Waals surface area contributed by atoms with Gasteiger partial charge < -0.3 is 25.0 Å². The van der Waals surface area contributed by atoms with Crippen LogP contribution in [0.4, 0.5) is 18.9 Å². The van der Waals surface area contributed by atoms with Gasteiger partial charge in [-0.05, 0) is 53.6 Å². The molecule has 3 amide bonds. The lowest BCUT2D eigenvalue weighted by Gasteiger charge is -2.35. The highest BCUT2D eigenvalue weighted by molar-refractivity contribution is 6.05. The number of aromatic nitrogens is 1. The van der Waals surface area contributed by atoms with Crippen LogP contribution in [-0.4, -0.2) is 46.2 Å². The zero-order valence-corrected chi connectivity index (χ0v) is 24.3. The van der Waals surface area contributed by atoms with E-state index < -0.39 is 59.9 Å².